The van der Waals surface area contributed by atoms with E-state index in [2.05, 4.69) is 5.32 Å². The minimum atomic E-state index is -4.86. The number of hydrogen-bond acceptors (Lipinski definition) is 3. The number of phenolic OH excluding ortho intramolecular Hbond substituents is 1. The van der Waals surface area contributed by atoms with Gasteiger partial charge in [-0.2, -0.15) is 13.2 Å². The summed E-state index contributed by atoms with van der Waals surface area (Å²) in [5.41, 5.74) is -4.24. The van der Waals surface area contributed by atoms with Gasteiger partial charge in [0.1, 0.15) is 11.6 Å². The maximum absolute atomic E-state index is 13.6. The van der Waals surface area contributed by atoms with Gasteiger partial charge in [-0.3, -0.25) is 4.90 Å². The molecule has 0 amide bonds. The van der Waals surface area contributed by atoms with Gasteiger partial charge in [-0.1, -0.05) is 13.8 Å². The third kappa shape index (κ3) is 4.62. The lowest BCUT2D eigenvalue weighted by Crippen LogP contribution is -2.58. The first-order valence-electron chi connectivity index (χ1n) is 8.08. The van der Waals surface area contributed by atoms with Gasteiger partial charge in [0.05, 0.1) is 0 Å². The molecule has 1 unspecified atom stereocenters. The van der Waals surface area contributed by atoms with Crippen molar-refractivity contribution in [1.82, 2.24) is 10.2 Å². The van der Waals surface area contributed by atoms with Crippen molar-refractivity contribution in [2.75, 3.05) is 32.7 Å². The molecule has 25 heavy (non-hydrogen) atoms. The van der Waals surface area contributed by atoms with Crippen molar-refractivity contribution in [2.24, 2.45) is 0 Å². The Morgan fingerprint density at radius 3 is 2.32 bits per heavy atom. The van der Waals surface area contributed by atoms with Crippen LogP contribution in [0.25, 0.3) is 0 Å². The molecule has 1 atom stereocenters. The molecule has 2 N–H and O–H groups in total. The Balaban J connectivity index is 2.30. The highest BCUT2D eigenvalue weighted by molar-refractivity contribution is 5.38. The number of aliphatic hydroxyl groups is 1. The Bertz CT molecular complexity index is 601. The van der Waals surface area contributed by atoms with Crippen LogP contribution in [0, 0.1) is 5.82 Å². The van der Waals surface area contributed by atoms with Gasteiger partial charge in [-0.25, -0.2) is 9.71 Å². The number of hydrogen-bond donors (Lipinski definition) is 2. The molecule has 4 nitrogen and oxygen atoms in total. The molecule has 1 aliphatic heterocycles. The van der Waals surface area contributed by atoms with Crippen molar-refractivity contribution in [2.45, 2.75) is 37.5 Å². The Kier molecular flexibility index (Phi) is 5.65. The highest BCUT2D eigenvalue weighted by atomic mass is 19.4. The van der Waals surface area contributed by atoms with Crippen molar-refractivity contribution in [3.63, 3.8) is 0 Å². The van der Waals surface area contributed by atoms with Crippen LogP contribution in [-0.4, -0.2) is 59.6 Å². The number of piperazine rings is 1. The summed E-state index contributed by atoms with van der Waals surface area (Å²) in [6.07, 6.45) is -5.56. The van der Waals surface area contributed by atoms with E-state index in [1.54, 1.807) is 0 Å². The second kappa shape index (κ2) is 7.09. The number of benzene rings is 1. The zero-order chi connectivity index (χ0) is 18.9. The molecule has 0 saturated carbocycles. The predicted molar refractivity (Wildman–Crippen MR) is 85.0 cm³/mol. The maximum Gasteiger partial charge on any atom is 0.418 e. The number of alkyl halides is 3. The van der Waals surface area contributed by atoms with E-state index in [1.807, 2.05) is 0 Å². The van der Waals surface area contributed by atoms with Crippen LogP contribution < -0.4 is 5.32 Å². The van der Waals surface area contributed by atoms with Gasteiger partial charge in [-0.15, -0.1) is 0 Å². The van der Waals surface area contributed by atoms with Gasteiger partial charge in [-0.05, 0) is 30.0 Å². The zero-order valence-corrected chi connectivity index (χ0v) is 14.3. The van der Waals surface area contributed by atoms with E-state index in [0.717, 1.165) is 18.2 Å². The molecule has 0 bridgehead atoms. The molecule has 8 heteroatoms. The second-order valence-electron chi connectivity index (χ2n) is 7.20. The van der Waals surface area contributed by atoms with Crippen molar-refractivity contribution >= 4 is 0 Å². The zero-order valence-electron chi connectivity index (χ0n) is 14.3. The minimum Gasteiger partial charge on any atom is -0.508 e. The summed E-state index contributed by atoms with van der Waals surface area (Å²) < 4.78 is 54.4. The average Bonchev–Trinajstić information content (AvgIpc) is 2.49. The summed E-state index contributed by atoms with van der Waals surface area (Å²) in [5.74, 6) is -0.957. The Morgan fingerprint density at radius 1 is 1.16 bits per heavy atom. The molecule has 0 aliphatic carbocycles. The normalized spacial score (nSPS) is 19.6. The quantitative estimate of drug-likeness (QED) is 0.790. The first-order valence-corrected chi connectivity index (χ1v) is 8.08. The monoisotopic (exact) mass is 363 g/mol. The second-order valence-corrected chi connectivity index (χ2v) is 7.20. The summed E-state index contributed by atoms with van der Waals surface area (Å²) in [7, 11) is 0. The molecule has 0 spiro atoms. The number of nitrogens with zero attached hydrogens (tertiary/aromatic N) is 2. The van der Waals surface area contributed by atoms with Crippen LogP contribution >= 0.6 is 0 Å². The summed E-state index contributed by atoms with van der Waals surface area (Å²) in [6.45, 7) is 3.89. The molecule has 1 aromatic rings. The Morgan fingerprint density at radius 2 is 1.76 bits per heavy atom. The minimum absolute atomic E-state index is 0.0313. The summed E-state index contributed by atoms with van der Waals surface area (Å²) >= 11 is 0. The summed E-state index contributed by atoms with van der Waals surface area (Å²) in [5, 5.41) is 24.5. The van der Waals surface area contributed by atoms with Crippen LogP contribution in [-0.2, 0) is 5.41 Å². The molecule has 1 saturated heterocycles. The van der Waals surface area contributed by atoms with Crippen molar-refractivity contribution < 1.29 is 27.8 Å². The van der Waals surface area contributed by atoms with E-state index >= 15 is 0 Å². The first-order chi connectivity index (χ1) is 11.4. The van der Waals surface area contributed by atoms with E-state index in [-0.39, 0.29) is 11.3 Å². The number of phenols is 1. The number of halogens is 4. The van der Waals surface area contributed by atoms with Gasteiger partial charge in [0.25, 0.3) is 0 Å². The van der Waals surface area contributed by atoms with Crippen LogP contribution in [0.1, 0.15) is 25.8 Å². The molecule has 141 valence electrons. The standard InChI is InChI=1S/C17H23F4N2O2/c1-15(2,13-9-12(18)3-4-14(13)24)10-16(25,17(19,20)21)11-23-7-5-22-6-8-23/h3-4,9,24-25H,5-8,10-11H2,1-2H3. The lowest BCUT2D eigenvalue weighted by Gasteiger charge is -2.41. The van der Waals surface area contributed by atoms with E-state index in [4.69, 9.17) is 0 Å². The molecule has 1 radical (unpaired) electrons. The fourth-order valence-corrected chi connectivity index (χ4v) is 3.30. The van der Waals surface area contributed by atoms with Crippen molar-refractivity contribution in [3.05, 3.63) is 29.6 Å². The maximum atomic E-state index is 13.6. The summed E-state index contributed by atoms with van der Waals surface area (Å²) in [4.78, 5) is 1.53. The highest BCUT2D eigenvalue weighted by Gasteiger charge is 2.56. The number of aromatic hydroxyl groups is 1. The van der Waals surface area contributed by atoms with Gasteiger partial charge < -0.3 is 10.2 Å². The van der Waals surface area contributed by atoms with Crippen LogP contribution in [0.15, 0.2) is 18.2 Å². The van der Waals surface area contributed by atoms with Gasteiger partial charge in [0.2, 0.25) is 0 Å². The molecule has 1 aromatic carbocycles. The number of β-amino-alcohol motifs (C(OH)–C–C–N with tert-alkyl or cyclic N) is 1. The molecule has 1 fully saturated rings. The topological polar surface area (TPSA) is 57.8 Å². The van der Waals surface area contributed by atoms with E-state index in [9.17, 15) is 27.8 Å². The molecule has 2 rings (SSSR count). The third-order valence-electron chi connectivity index (χ3n) is 4.58. The molecule has 0 aromatic heterocycles. The third-order valence-corrected chi connectivity index (χ3v) is 4.58. The van der Waals surface area contributed by atoms with Crippen LogP contribution in [0.3, 0.4) is 0 Å². The predicted octanol–water partition coefficient (Wildman–Crippen LogP) is 2.41. The molecule has 1 heterocycles. The van der Waals surface area contributed by atoms with E-state index < -0.39 is 36.0 Å². The largest absolute Gasteiger partial charge is 0.508 e. The lowest BCUT2D eigenvalue weighted by atomic mass is 9.74. The summed E-state index contributed by atoms with van der Waals surface area (Å²) in [6, 6.07) is 3.14. The van der Waals surface area contributed by atoms with Crippen LogP contribution in [0.4, 0.5) is 17.6 Å². The van der Waals surface area contributed by atoms with E-state index in [0.29, 0.717) is 26.2 Å². The smallest absolute Gasteiger partial charge is 0.418 e. The first kappa shape index (κ1) is 19.9. The molecular formula is C17H23F4N2O2. The van der Waals surface area contributed by atoms with Crippen LogP contribution in [0.2, 0.25) is 0 Å². The van der Waals surface area contributed by atoms with Gasteiger partial charge in [0.15, 0.2) is 5.60 Å². The van der Waals surface area contributed by atoms with Crippen molar-refractivity contribution in [1.29, 1.82) is 0 Å². The van der Waals surface area contributed by atoms with Crippen molar-refractivity contribution in [3.8, 4) is 5.75 Å². The fraction of sp³-hybridized carbons (Fsp3) is 0.647. The number of rotatable bonds is 5. The average molecular weight is 363 g/mol. The lowest BCUT2D eigenvalue weighted by molar-refractivity contribution is -0.271. The molecular weight excluding hydrogens is 340 g/mol. The van der Waals surface area contributed by atoms with Crippen LogP contribution in [0.5, 0.6) is 5.75 Å². The van der Waals surface area contributed by atoms with Gasteiger partial charge in [0, 0.05) is 38.3 Å². The Labute approximate surface area is 144 Å². The SMILES string of the molecule is CC(C)(CC(O)(CN1CC[N]CC1)C(F)(F)F)c1cc(F)ccc1O. The molecule has 1 aliphatic rings. The Hall–Kier alpha value is -1.38. The van der Waals surface area contributed by atoms with Gasteiger partial charge >= 0.3 is 6.18 Å². The highest BCUT2D eigenvalue weighted by Crippen LogP contribution is 2.43. The van der Waals surface area contributed by atoms with E-state index in [1.165, 1.54) is 18.7 Å². The fourth-order valence-electron chi connectivity index (χ4n) is 3.30.